The molecule has 0 atom stereocenters. The van der Waals surface area contributed by atoms with Crippen molar-refractivity contribution in [1.82, 2.24) is 10.4 Å². The van der Waals surface area contributed by atoms with Crippen LogP contribution in [0, 0.1) is 0 Å². The van der Waals surface area contributed by atoms with E-state index < -0.39 is 0 Å². The fraction of sp³-hybridized carbons (Fsp3) is 0.333. The third-order valence-corrected chi connectivity index (χ3v) is 0.715. The van der Waals surface area contributed by atoms with Crippen molar-refractivity contribution in [3.8, 4) is 0 Å². The molecule has 1 N–H and O–H groups in total. The average molecular weight is 112 g/mol. The molecular weight excluding hydrogens is 100 g/mol. The van der Waals surface area contributed by atoms with Crippen molar-refractivity contribution in [2.24, 2.45) is 0 Å². The van der Waals surface area contributed by atoms with Crippen LogP contribution in [0.3, 0.4) is 0 Å². The molecule has 0 aromatic carbocycles. The highest BCUT2D eigenvalue weighted by molar-refractivity contribution is 4.71. The van der Waals surface area contributed by atoms with Crippen molar-refractivity contribution in [3.63, 3.8) is 0 Å². The lowest BCUT2D eigenvalue weighted by Gasteiger charge is -2.12. The predicted molar refractivity (Wildman–Crippen MR) is 36.2 cm³/mol. The summed E-state index contributed by atoms with van der Waals surface area (Å²) in [6, 6.07) is 0. The zero-order chi connectivity index (χ0) is 6.41. The van der Waals surface area contributed by atoms with E-state index in [2.05, 4.69) is 18.6 Å². The Morgan fingerprint density at radius 2 is 2.25 bits per heavy atom. The molecule has 0 aliphatic carbocycles. The van der Waals surface area contributed by atoms with E-state index in [1.54, 1.807) is 6.20 Å². The first kappa shape index (κ1) is 7.24. The van der Waals surface area contributed by atoms with E-state index in [9.17, 15) is 0 Å². The molecular formula is C6H12N2. The van der Waals surface area contributed by atoms with E-state index in [4.69, 9.17) is 0 Å². The average Bonchev–Trinajstić information content (AvgIpc) is 1.68. The van der Waals surface area contributed by atoms with E-state index in [-0.39, 0.29) is 0 Å². The number of rotatable bonds is 4. The van der Waals surface area contributed by atoms with Crippen molar-refractivity contribution in [2.45, 2.75) is 0 Å². The molecule has 0 saturated heterocycles. The summed E-state index contributed by atoms with van der Waals surface area (Å²) in [7, 11) is 1.92. The lowest BCUT2D eigenvalue weighted by Crippen LogP contribution is -2.29. The first-order valence-electron chi connectivity index (χ1n) is 2.50. The number of hydrogen-bond donors (Lipinski definition) is 1. The van der Waals surface area contributed by atoms with Crippen LogP contribution in [-0.2, 0) is 0 Å². The van der Waals surface area contributed by atoms with Crippen LogP contribution in [0.1, 0.15) is 0 Å². The smallest absolute Gasteiger partial charge is 0.0353 e. The molecule has 0 aromatic heterocycles. The Balaban J connectivity index is 3.16. The van der Waals surface area contributed by atoms with Crippen LogP contribution in [0.5, 0.6) is 0 Å². The molecule has 0 bridgehead atoms. The predicted octanol–water partition coefficient (Wildman–Crippen LogP) is 0.752. The van der Waals surface area contributed by atoms with Crippen molar-refractivity contribution in [1.29, 1.82) is 0 Å². The Kier molecular flexibility index (Phi) is 3.98. The topological polar surface area (TPSA) is 15.3 Å². The van der Waals surface area contributed by atoms with Crippen molar-refractivity contribution < 1.29 is 0 Å². The third kappa shape index (κ3) is 3.43. The summed E-state index contributed by atoms with van der Waals surface area (Å²) in [5.41, 5.74) is 2.87. The molecule has 8 heavy (non-hydrogen) atoms. The molecule has 46 valence electrons. The molecule has 2 nitrogen and oxygen atoms in total. The van der Waals surface area contributed by atoms with Crippen LogP contribution in [0.4, 0.5) is 0 Å². The van der Waals surface area contributed by atoms with E-state index in [0.29, 0.717) is 0 Å². The zero-order valence-corrected chi connectivity index (χ0v) is 5.22. The Hall–Kier alpha value is -0.760. The Bertz CT molecular complexity index is 68.6. The summed E-state index contributed by atoms with van der Waals surface area (Å²) in [5, 5.41) is 1.88. The first-order chi connectivity index (χ1) is 3.81. The second kappa shape index (κ2) is 4.40. The van der Waals surface area contributed by atoms with Crippen molar-refractivity contribution >= 4 is 0 Å². The fourth-order valence-electron chi connectivity index (χ4n) is 0.402. The van der Waals surface area contributed by atoms with Gasteiger partial charge in [-0.25, -0.2) is 5.01 Å². The summed E-state index contributed by atoms with van der Waals surface area (Å²) in [6.07, 6.45) is 3.44. The highest BCUT2D eigenvalue weighted by Gasteiger charge is 1.83. The van der Waals surface area contributed by atoms with Gasteiger partial charge in [0.25, 0.3) is 0 Å². The van der Waals surface area contributed by atoms with Gasteiger partial charge < -0.3 is 5.43 Å². The highest BCUT2D eigenvalue weighted by Crippen LogP contribution is 1.72. The van der Waals surface area contributed by atoms with Gasteiger partial charge in [-0.2, -0.15) is 0 Å². The molecule has 0 aromatic rings. The fourth-order valence-corrected chi connectivity index (χ4v) is 0.402. The largest absolute Gasteiger partial charge is 0.327 e. The van der Waals surface area contributed by atoms with Crippen LogP contribution >= 0.6 is 0 Å². The van der Waals surface area contributed by atoms with Crippen molar-refractivity contribution in [2.75, 3.05) is 13.6 Å². The maximum Gasteiger partial charge on any atom is 0.0353 e. The van der Waals surface area contributed by atoms with Gasteiger partial charge in [0, 0.05) is 19.8 Å². The molecule has 0 radical (unpaired) electrons. The quantitative estimate of drug-likeness (QED) is 0.426. The molecule has 0 fully saturated rings. The van der Waals surface area contributed by atoms with E-state index >= 15 is 0 Å². The zero-order valence-electron chi connectivity index (χ0n) is 5.22. The third-order valence-electron chi connectivity index (χ3n) is 0.715. The molecule has 0 aliphatic heterocycles. The van der Waals surface area contributed by atoms with Gasteiger partial charge in [0.05, 0.1) is 0 Å². The summed E-state index contributed by atoms with van der Waals surface area (Å²) in [4.78, 5) is 0. The number of likely N-dealkylation sites (N-methyl/N-ethyl adjacent to an activating group) is 1. The van der Waals surface area contributed by atoms with Crippen LogP contribution in [0.2, 0.25) is 0 Å². The molecule has 0 amide bonds. The van der Waals surface area contributed by atoms with Gasteiger partial charge in [-0.3, -0.25) is 0 Å². The number of hydrogen-bond acceptors (Lipinski definition) is 2. The molecule has 0 heterocycles. The number of hydrazine groups is 1. The van der Waals surface area contributed by atoms with E-state index in [1.165, 1.54) is 0 Å². The minimum absolute atomic E-state index is 0.825. The van der Waals surface area contributed by atoms with Gasteiger partial charge in [-0.05, 0) is 0 Å². The summed E-state index contributed by atoms with van der Waals surface area (Å²) in [6.45, 7) is 7.89. The van der Waals surface area contributed by atoms with Crippen LogP contribution in [0.25, 0.3) is 0 Å². The van der Waals surface area contributed by atoms with Crippen LogP contribution in [-0.4, -0.2) is 18.6 Å². The SMILES string of the molecule is C=CCN(C)NC=C. The van der Waals surface area contributed by atoms with Crippen molar-refractivity contribution in [3.05, 3.63) is 25.4 Å². The minimum Gasteiger partial charge on any atom is -0.327 e. The van der Waals surface area contributed by atoms with Gasteiger partial charge in [-0.1, -0.05) is 12.7 Å². The second-order valence-corrected chi connectivity index (χ2v) is 1.50. The van der Waals surface area contributed by atoms with Gasteiger partial charge in [0.2, 0.25) is 0 Å². The molecule has 0 unspecified atom stereocenters. The molecule has 2 heteroatoms. The molecule has 0 spiro atoms. The highest BCUT2D eigenvalue weighted by atomic mass is 15.5. The van der Waals surface area contributed by atoms with Crippen LogP contribution < -0.4 is 5.43 Å². The Labute approximate surface area is 50.5 Å². The monoisotopic (exact) mass is 112 g/mol. The second-order valence-electron chi connectivity index (χ2n) is 1.50. The normalized spacial score (nSPS) is 8.75. The summed E-state index contributed by atoms with van der Waals surface area (Å²) in [5.74, 6) is 0. The van der Waals surface area contributed by atoms with Gasteiger partial charge in [0.15, 0.2) is 0 Å². The molecule has 0 saturated carbocycles. The van der Waals surface area contributed by atoms with E-state index in [0.717, 1.165) is 6.54 Å². The lowest BCUT2D eigenvalue weighted by molar-refractivity contribution is 0.308. The lowest BCUT2D eigenvalue weighted by atomic mass is 10.6. The van der Waals surface area contributed by atoms with Gasteiger partial charge >= 0.3 is 0 Å². The maximum absolute atomic E-state index is 3.57. The summed E-state index contributed by atoms with van der Waals surface area (Å²) < 4.78 is 0. The van der Waals surface area contributed by atoms with Crippen LogP contribution in [0.15, 0.2) is 25.4 Å². The molecule has 0 rings (SSSR count). The van der Waals surface area contributed by atoms with Gasteiger partial charge in [0.1, 0.15) is 0 Å². The number of nitrogens with one attached hydrogen (secondary N) is 1. The first-order valence-corrected chi connectivity index (χ1v) is 2.50. The standard InChI is InChI=1S/C6H12N2/c1-4-6-8(3)7-5-2/h4-5,7H,1-2,6H2,3H3. The van der Waals surface area contributed by atoms with Gasteiger partial charge in [-0.15, -0.1) is 6.58 Å². The minimum atomic E-state index is 0.825. The Morgan fingerprint density at radius 1 is 1.62 bits per heavy atom. The summed E-state index contributed by atoms with van der Waals surface area (Å²) >= 11 is 0. The maximum atomic E-state index is 3.57. The Morgan fingerprint density at radius 3 is 2.62 bits per heavy atom. The van der Waals surface area contributed by atoms with E-state index in [1.807, 2.05) is 18.1 Å². The molecule has 0 aliphatic rings. The number of nitrogens with zero attached hydrogens (tertiary/aromatic N) is 1.